The van der Waals surface area contributed by atoms with Crippen LogP contribution in [0.1, 0.15) is 71.6 Å². The fourth-order valence-electron chi connectivity index (χ4n) is 10.3. The van der Waals surface area contributed by atoms with Crippen molar-refractivity contribution in [2.24, 2.45) is 23.7 Å². The average molecular weight is 619 g/mol. The van der Waals surface area contributed by atoms with Gasteiger partial charge in [-0.1, -0.05) is 20.4 Å². The molecule has 0 aromatic heterocycles. The number of amides is 3. The SMILES string of the molecule is C=CC(=O)N1CC2CCC1CN2C1NC(=O)N2C3NC(C(F)CC13)C1C(F)CCCC1OCCCC1CCNC(C(C)C)C12. The molecule has 44 heavy (non-hydrogen) atoms. The Morgan fingerprint density at radius 1 is 1.02 bits per heavy atom. The molecule has 8 aliphatic rings. The van der Waals surface area contributed by atoms with Gasteiger partial charge in [-0.05, 0) is 82.2 Å². The van der Waals surface area contributed by atoms with Crippen LogP contribution in [0.3, 0.4) is 0 Å². The second-order valence-electron chi connectivity index (χ2n) is 15.0. The Bertz CT molecular complexity index is 1100. The summed E-state index contributed by atoms with van der Waals surface area (Å²) in [6.45, 7) is 10.8. The Morgan fingerprint density at radius 3 is 2.59 bits per heavy atom. The fraction of sp³-hybridized carbons (Fsp3) is 0.879. The summed E-state index contributed by atoms with van der Waals surface area (Å²) in [5.74, 6) is -0.257. The van der Waals surface area contributed by atoms with Crippen LogP contribution in [0.2, 0.25) is 0 Å². The number of nitrogens with zero attached hydrogens (tertiary/aromatic N) is 3. The number of halogens is 2. The largest absolute Gasteiger partial charge is 0.378 e. The molecule has 0 aromatic carbocycles. The number of carbonyl (C=O) groups excluding carboxylic acids is 2. The van der Waals surface area contributed by atoms with Gasteiger partial charge in [0.15, 0.2) is 0 Å². The smallest absolute Gasteiger partial charge is 0.320 e. The lowest BCUT2D eigenvalue weighted by Crippen LogP contribution is -2.81. The average Bonchev–Trinajstić information content (AvgIpc) is 3.02. The van der Waals surface area contributed by atoms with E-state index in [2.05, 4.69) is 41.3 Å². The number of hydrogen-bond donors (Lipinski definition) is 3. The number of rotatable bonds is 3. The van der Waals surface area contributed by atoms with Crippen LogP contribution in [-0.4, -0.2) is 114 Å². The van der Waals surface area contributed by atoms with Gasteiger partial charge in [-0.15, -0.1) is 0 Å². The van der Waals surface area contributed by atoms with Gasteiger partial charge in [0.2, 0.25) is 5.91 Å². The van der Waals surface area contributed by atoms with Crippen molar-refractivity contribution in [2.75, 3.05) is 26.2 Å². The highest BCUT2D eigenvalue weighted by Crippen LogP contribution is 2.44. The first-order chi connectivity index (χ1) is 21.3. The fourth-order valence-corrected chi connectivity index (χ4v) is 10.3. The van der Waals surface area contributed by atoms with E-state index in [1.54, 1.807) is 0 Å². The van der Waals surface area contributed by atoms with Gasteiger partial charge in [-0.2, -0.15) is 0 Å². The van der Waals surface area contributed by atoms with Gasteiger partial charge in [0, 0.05) is 55.7 Å². The molecule has 246 valence electrons. The number of nitrogens with one attached hydrogen (secondary N) is 3. The molecule has 11 heteroatoms. The zero-order chi connectivity index (χ0) is 30.7. The highest BCUT2D eigenvalue weighted by molar-refractivity contribution is 5.87. The number of carbonyl (C=O) groups is 2. The van der Waals surface area contributed by atoms with Gasteiger partial charge < -0.3 is 25.2 Å². The molecule has 7 saturated heterocycles. The highest BCUT2D eigenvalue weighted by Gasteiger charge is 2.58. The quantitative estimate of drug-likeness (QED) is 0.422. The monoisotopic (exact) mass is 618 g/mol. The highest BCUT2D eigenvalue weighted by atomic mass is 19.1. The predicted octanol–water partition coefficient (Wildman–Crippen LogP) is 3.16. The first-order valence-electron chi connectivity index (χ1n) is 17.4. The van der Waals surface area contributed by atoms with E-state index in [4.69, 9.17) is 4.74 Å². The van der Waals surface area contributed by atoms with Gasteiger partial charge in [0.05, 0.1) is 24.5 Å². The second-order valence-corrected chi connectivity index (χ2v) is 15.0. The number of piperazine rings is 1. The molecule has 7 aliphatic heterocycles. The van der Waals surface area contributed by atoms with Crippen LogP contribution in [-0.2, 0) is 9.53 Å². The molecule has 7 heterocycles. The summed E-state index contributed by atoms with van der Waals surface area (Å²) in [5, 5.41) is 10.8. The molecule has 9 nitrogen and oxygen atoms in total. The molecule has 4 bridgehead atoms. The molecule has 1 saturated carbocycles. The Hall–Kier alpha value is -1.82. The Labute approximate surface area is 260 Å². The third kappa shape index (κ3) is 5.27. The molecule has 3 amide bonds. The van der Waals surface area contributed by atoms with Crippen molar-refractivity contribution in [1.82, 2.24) is 30.7 Å². The number of fused-ring (bicyclic) bond motifs is 8. The summed E-state index contributed by atoms with van der Waals surface area (Å²) in [6, 6.07) is -0.660. The zero-order valence-corrected chi connectivity index (χ0v) is 26.4. The van der Waals surface area contributed by atoms with Crippen LogP contribution >= 0.6 is 0 Å². The maximum Gasteiger partial charge on any atom is 0.320 e. The van der Waals surface area contributed by atoms with Crippen LogP contribution in [0, 0.1) is 23.7 Å². The van der Waals surface area contributed by atoms with Crippen LogP contribution in [0.25, 0.3) is 0 Å². The Kier molecular flexibility index (Phi) is 8.69. The van der Waals surface area contributed by atoms with Crippen LogP contribution in [0.15, 0.2) is 12.7 Å². The van der Waals surface area contributed by atoms with E-state index in [0.29, 0.717) is 38.0 Å². The predicted molar refractivity (Wildman–Crippen MR) is 163 cm³/mol. The molecule has 1 aliphatic carbocycles. The standard InChI is InChI=1S/C33H52F2N6O3/c1-4-26(42)39-16-21-11-10-20(39)17-40(21)31-22-15-24(35)29-27-23(34)8-5-9-25(27)44-14-6-7-19-12-13-36-28(18(2)3)30(19)41(32(22)37-29)33(43)38-31/h4,18-25,27-32,36-37H,1,5-17H2,2-3H3,(H,38,43). The lowest BCUT2D eigenvalue weighted by Gasteiger charge is -2.62. The van der Waals surface area contributed by atoms with Gasteiger partial charge in [-0.25, -0.2) is 13.6 Å². The van der Waals surface area contributed by atoms with Crippen molar-refractivity contribution < 1.29 is 23.1 Å². The number of piperidine rings is 4. The molecule has 8 rings (SSSR count). The summed E-state index contributed by atoms with van der Waals surface area (Å²) in [7, 11) is 0. The molecule has 13 unspecified atom stereocenters. The maximum atomic E-state index is 16.6. The van der Waals surface area contributed by atoms with E-state index in [-0.39, 0.29) is 60.7 Å². The lowest BCUT2D eigenvalue weighted by molar-refractivity contribution is -0.147. The zero-order valence-electron chi connectivity index (χ0n) is 26.4. The van der Waals surface area contributed by atoms with E-state index in [9.17, 15) is 9.59 Å². The van der Waals surface area contributed by atoms with Gasteiger partial charge >= 0.3 is 6.03 Å². The number of alkyl halides is 2. The van der Waals surface area contributed by atoms with Gasteiger partial charge in [-0.3, -0.25) is 15.0 Å². The molecule has 0 radical (unpaired) electrons. The van der Waals surface area contributed by atoms with E-state index < -0.39 is 30.5 Å². The number of urea groups is 1. The second kappa shape index (κ2) is 12.4. The summed E-state index contributed by atoms with van der Waals surface area (Å²) in [4.78, 5) is 33.4. The summed E-state index contributed by atoms with van der Waals surface area (Å²) >= 11 is 0. The topological polar surface area (TPSA) is 89.2 Å². The van der Waals surface area contributed by atoms with Crippen molar-refractivity contribution in [3.8, 4) is 0 Å². The van der Waals surface area contributed by atoms with E-state index in [1.807, 2.05) is 9.80 Å². The molecule has 0 aromatic rings. The third-order valence-electron chi connectivity index (χ3n) is 12.3. The summed E-state index contributed by atoms with van der Waals surface area (Å²) in [6.07, 6.45) is 4.70. The minimum atomic E-state index is -1.26. The van der Waals surface area contributed by atoms with Crippen LogP contribution in [0.5, 0.6) is 0 Å². The van der Waals surface area contributed by atoms with Crippen molar-refractivity contribution in [1.29, 1.82) is 0 Å². The van der Waals surface area contributed by atoms with E-state index in [1.165, 1.54) is 6.08 Å². The van der Waals surface area contributed by atoms with E-state index >= 15 is 8.78 Å². The number of hydrogen-bond acceptors (Lipinski definition) is 6. The van der Waals surface area contributed by atoms with Crippen molar-refractivity contribution in [3.05, 3.63) is 12.7 Å². The number of ether oxygens (including phenoxy) is 1. The van der Waals surface area contributed by atoms with Gasteiger partial charge in [0.25, 0.3) is 0 Å². The normalized spacial score (nSPS) is 46.3. The third-order valence-corrected chi connectivity index (χ3v) is 12.3. The maximum absolute atomic E-state index is 16.6. The Balaban J connectivity index is 1.26. The van der Waals surface area contributed by atoms with Gasteiger partial charge in [0.1, 0.15) is 12.3 Å². The van der Waals surface area contributed by atoms with Crippen LogP contribution < -0.4 is 16.0 Å². The minimum Gasteiger partial charge on any atom is -0.378 e. The minimum absolute atomic E-state index is 0.0481. The van der Waals surface area contributed by atoms with E-state index in [0.717, 1.165) is 51.5 Å². The summed E-state index contributed by atoms with van der Waals surface area (Å²) in [5.41, 5.74) is 0. The molecule has 3 N–H and O–H groups in total. The van der Waals surface area contributed by atoms with Crippen molar-refractivity contribution >= 4 is 11.9 Å². The van der Waals surface area contributed by atoms with Crippen LogP contribution in [0.4, 0.5) is 13.6 Å². The Morgan fingerprint density at radius 2 is 1.84 bits per heavy atom. The molecular formula is C33H52F2N6O3. The molecule has 13 atom stereocenters. The lowest BCUT2D eigenvalue weighted by atomic mass is 9.72. The molecule has 8 fully saturated rings. The van der Waals surface area contributed by atoms with Crippen molar-refractivity contribution in [2.45, 2.75) is 133 Å². The molecule has 0 spiro atoms. The molecular weight excluding hydrogens is 566 g/mol. The first kappa shape index (κ1) is 30.8. The first-order valence-corrected chi connectivity index (χ1v) is 17.4. The van der Waals surface area contributed by atoms with Crippen molar-refractivity contribution in [3.63, 3.8) is 0 Å². The summed E-state index contributed by atoms with van der Waals surface area (Å²) < 4.78 is 38.7.